The van der Waals surface area contributed by atoms with Crippen molar-refractivity contribution in [1.82, 2.24) is 0 Å². The summed E-state index contributed by atoms with van der Waals surface area (Å²) in [5, 5.41) is 0. The van der Waals surface area contributed by atoms with E-state index in [4.69, 9.17) is 0 Å². The third kappa shape index (κ3) is 8.82. The maximum absolute atomic E-state index is 0. The predicted octanol–water partition coefficient (Wildman–Crippen LogP) is -1.75. The fourth-order valence-corrected chi connectivity index (χ4v) is 0. The van der Waals surface area contributed by atoms with Gasteiger partial charge in [-0.1, -0.05) is 0 Å². The van der Waals surface area contributed by atoms with Gasteiger partial charge < -0.3 is 5.48 Å². The van der Waals surface area contributed by atoms with Crippen molar-refractivity contribution in [3.63, 3.8) is 0 Å². The molecule has 1 nitrogen and oxygen atoms in total. The Morgan fingerprint density at radius 3 is 1.00 bits per heavy atom. The molecule has 0 aromatic heterocycles. The van der Waals surface area contributed by atoms with Crippen molar-refractivity contribution in [2.75, 3.05) is 0 Å². The SMILES string of the molecule is O.[Fe].[Mo].[SrH2]. The third-order valence-corrected chi connectivity index (χ3v) is 0. The van der Waals surface area contributed by atoms with Crippen molar-refractivity contribution in [1.29, 1.82) is 0 Å². The third-order valence-electron chi connectivity index (χ3n) is 0. The van der Waals surface area contributed by atoms with Crippen molar-refractivity contribution in [2.45, 2.75) is 0 Å². The second kappa shape index (κ2) is 17.4. The molecular formula is H4FeMoOSr. The second-order valence-corrected chi connectivity index (χ2v) is 0. The zero-order valence-corrected chi connectivity index (χ0v) is 4.37. The number of hydrogen-bond donors (Lipinski definition) is 0. The molecule has 0 rings (SSSR count). The van der Waals surface area contributed by atoms with Gasteiger partial charge in [-0.05, 0) is 0 Å². The van der Waals surface area contributed by atoms with Gasteiger partial charge >= 0.3 is 45.5 Å². The first kappa shape index (κ1) is 30.2. The van der Waals surface area contributed by atoms with Crippen LogP contribution in [0.15, 0.2) is 0 Å². The van der Waals surface area contributed by atoms with Crippen LogP contribution in [-0.4, -0.2) is 51.0 Å². The molecule has 0 unspecified atom stereocenters. The Morgan fingerprint density at radius 1 is 1.00 bits per heavy atom. The summed E-state index contributed by atoms with van der Waals surface area (Å²) in [5.41, 5.74) is 0. The number of hydrogen-bond acceptors (Lipinski definition) is 0. The average molecular weight is 259 g/mol. The van der Waals surface area contributed by atoms with E-state index in [2.05, 4.69) is 0 Å². The van der Waals surface area contributed by atoms with Gasteiger partial charge in [-0.15, -0.1) is 0 Å². The van der Waals surface area contributed by atoms with Gasteiger partial charge in [0.15, 0.2) is 0 Å². The van der Waals surface area contributed by atoms with E-state index < -0.39 is 0 Å². The molecule has 0 saturated carbocycles. The normalized spacial score (nSPS) is 0. The summed E-state index contributed by atoms with van der Waals surface area (Å²) in [4.78, 5) is 0. The molecule has 0 amide bonds. The van der Waals surface area contributed by atoms with Crippen LogP contribution in [0.5, 0.6) is 0 Å². The molecule has 26 valence electrons. The molecule has 0 fully saturated rings. The molecule has 0 aliphatic heterocycles. The van der Waals surface area contributed by atoms with Crippen LogP contribution in [0.3, 0.4) is 0 Å². The molecule has 0 radical (unpaired) electrons. The molecule has 0 saturated heterocycles. The van der Waals surface area contributed by atoms with Crippen molar-refractivity contribution in [2.24, 2.45) is 0 Å². The van der Waals surface area contributed by atoms with Gasteiger partial charge in [0.1, 0.15) is 0 Å². The summed E-state index contributed by atoms with van der Waals surface area (Å²) in [5.74, 6) is 0. The Labute approximate surface area is 87.2 Å². The van der Waals surface area contributed by atoms with Crippen LogP contribution in [0.2, 0.25) is 0 Å². The first-order valence-corrected chi connectivity index (χ1v) is 0. The topological polar surface area (TPSA) is 31.5 Å². The Bertz CT molecular complexity index is 8.00. The molecular weight excluding hydrogens is 255 g/mol. The summed E-state index contributed by atoms with van der Waals surface area (Å²) in [6.45, 7) is 0. The van der Waals surface area contributed by atoms with E-state index in [9.17, 15) is 0 Å². The fraction of sp³-hybridized carbons (Fsp3) is 0. The van der Waals surface area contributed by atoms with Crippen LogP contribution in [0.1, 0.15) is 0 Å². The zero-order chi connectivity index (χ0) is 0. The predicted molar refractivity (Wildman–Crippen MR) is 12.2 cm³/mol. The zero-order valence-electron chi connectivity index (χ0n) is 1.26. The van der Waals surface area contributed by atoms with Crippen LogP contribution in [0, 0.1) is 0 Å². The first-order valence-electron chi connectivity index (χ1n) is 0. The van der Waals surface area contributed by atoms with Gasteiger partial charge in [-0.25, -0.2) is 0 Å². The fourth-order valence-electron chi connectivity index (χ4n) is 0. The van der Waals surface area contributed by atoms with Gasteiger partial charge in [0, 0.05) is 38.1 Å². The summed E-state index contributed by atoms with van der Waals surface area (Å²) in [7, 11) is 0. The van der Waals surface area contributed by atoms with Gasteiger partial charge in [0.25, 0.3) is 0 Å². The van der Waals surface area contributed by atoms with E-state index in [1.54, 1.807) is 0 Å². The summed E-state index contributed by atoms with van der Waals surface area (Å²) in [6, 6.07) is 0. The molecule has 0 atom stereocenters. The standard InChI is InChI=1S/Fe.Mo.H2O.Sr.2H/h;;1H2;;;. The molecule has 0 aromatic rings. The van der Waals surface area contributed by atoms with Crippen LogP contribution in [-0.2, 0) is 38.1 Å². The van der Waals surface area contributed by atoms with Crippen LogP contribution in [0.25, 0.3) is 0 Å². The molecule has 0 aliphatic carbocycles. The van der Waals surface area contributed by atoms with E-state index in [-0.39, 0.29) is 89.1 Å². The second-order valence-electron chi connectivity index (χ2n) is 0. The van der Waals surface area contributed by atoms with E-state index in [1.807, 2.05) is 0 Å². The molecule has 0 aromatic carbocycles. The molecule has 0 bridgehead atoms. The quantitative estimate of drug-likeness (QED) is 0.462. The summed E-state index contributed by atoms with van der Waals surface area (Å²) < 4.78 is 0. The Kier molecular flexibility index (Phi) is 132. The van der Waals surface area contributed by atoms with Crippen molar-refractivity contribution < 1.29 is 43.6 Å². The van der Waals surface area contributed by atoms with E-state index in [1.165, 1.54) is 0 Å². The van der Waals surface area contributed by atoms with Gasteiger partial charge in [0.2, 0.25) is 0 Å². The first-order chi connectivity index (χ1) is 0. The molecule has 0 aliphatic rings. The van der Waals surface area contributed by atoms with Gasteiger partial charge in [-0.3, -0.25) is 0 Å². The van der Waals surface area contributed by atoms with Crippen LogP contribution >= 0.6 is 0 Å². The van der Waals surface area contributed by atoms with E-state index in [0.29, 0.717) is 0 Å². The summed E-state index contributed by atoms with van der Waals surface area (Å²) >= 11 is 0. The van der Waals surface area contributed by atoms with Crippen LogP contribution < -0.4 is 0 Å². The molecule has 4 heteroatoms. The average Bonchev–Trinajstić information content (AvgIpc) is 0. The molecule has 0 heterocycles. The minimum absolute atomic E-state index is 0. The van der Waals surface area contributed by atoms with E-state index >= 15 is 0 Å². The van der Waals surface area contributed by atoms with Crippen molar-refractivity contribution in [3.8, 4) is 0 Å². The van der Waals surface area contributed by atoms with Crippen molar-refractivity contribution >= 4 is 45.5 Å². The molecule has 4 heavy (non-hydrogen) atoms. The van der Waals surface area contributed by atoms with Gasteiger partial charge in [-0.2, -0.15) is 0 Å². The minimum atomic E-state index is 0. The molecule has 0 spiro atoms. The van der Waals surface area contributed by atoms with Crippen LogP contribution in [0.4, 0.5) is 0 Å². The summed E-state index contributed by atoms with van der Waals surface area (Å²) in [6.07, 6.45) is 0. The van der Waals surface area contributed by atoms with E-state index in [0.717, 1.165) is 0 Å². The maximum atomic E-state index is 0. The Balaban J connectivity index is 0. The van der Waals surface area contributed by atoms with Gasteiger partial charge in [0.05, 0.1) is 0 Å². The Morgan fingerprint density at radius 2 is 1.00 bits per heavy atom. The number of rotatable bonds is 0. The Hall–Kier alpha value is 2.65. The monoisotopic (exact) mass is 262 g/mol. The van der Waals surface area contributed by atoms with Crippen molar-refractivity contribution in [3.05, 3.63) is 0 Å². The molecule has 2 N–H and O–H groups in total.